The molecule has 0 saturated carbocycles. The predicted octanol–water partition coefficient (Wildman–Crippen LogP) is 3.15. The summed E-state index contributed by atoms with van der Waals surface area (Å²) in [6.07, 6.45) is 3.87. The van der Waals surface area contributed by atoms with Crippen molar-refractivity contribution in [3.63, 3.8) is 0 Å². The van der Waals surface area contributed by atoms with Crippen molar-refractivity contribution in [2.45, 2.75) is 18.9 Å². The smallest absolute Gasteiger partial charge is 0.224 e. The van der Waals surface area contributed by atoms with Crippen LogP contribution in [-0.2, 0) is 0 Å². The summed E-state index contributed by atoms with van der Waals surface area (Å²) in [5.41, 5.74) is 1.57. The second-order valence-corrected chi connectivity index (χ2v) is 6.81. The number of piperidine rings is 1. The Bertz CT molecular complexity index is 785. The molecule has 1 fully saturated rings. The average molecular weight is 357 g/mol. The molecule has 2 heterocycles. The molecule has 0 radical (unpaired) electrons. The first-order valence-corrected chi connectivity index (χ1v) is 8.65. The number of hydrogen-bond donors (Lipinski definition) is 1. The van der Waals surface area contributed by atoms with Crippen LogP contribution in [0.4, 0.5) is 17.5 Å². The van der Waals surface area contributed by atoms with Gasteiger partial charge in [0.05, 0.1) is 11.6 Å². The van der Waals surface area contributed by atoms with Gasteiger partial charge in [0.2, 0.25) is 5.95 Å². The number of nitrogens with one attached hydrogen (secondary N) is 1. The summed E-state index contributed by atoms with van der Waals surface area (Å²) < 4.78 is 0. The van der Waals surface area contributed by atoms with Crippen molar-refractivity contribution in [1.29, 1.82) is 5.26 Å². The first-order valence-electron chi connectivity index (χ1n) is 8.27. The fourth-order valence-electron chi connectivity index (χ4n) is 3.00. The van der Waals surface area contributed by atoms with E-state index >= 15 is 0 Å². The molecule has 1 atom stereocenters. The average Bonchev–Trinajstić information content (AvgIpc) is 2.61. The summed E-state index contributed by atoms with van der Waals surface area (Å²) >= 11 is 6.14. The second-order valence-electron chi connectivity index (χ2n) is 6.37. The number of aromatic nitrogens is 2. The number of rotatable bonds is 4. The molecular weight excluding hydrogens is 336 g/mol. The Morgan fingerprint density at radius 2 is 2.20 bits per heavy atom. The van der Waals surface area contributed by atoms with E-state index in [2.05, 4.69) is 26.3 Å². The van der Waals surface area contributed by atoms with Crippen LogP contribution in [0.5, 0.6) is 0 Å². The number of halogens is 1. The quantitative estimate of drug-likeness (QED) is 0.907. The molecule has 7 heteroatoms. The van der Waals surface area contributed by atoms with Crippen LogP contribution in [0, 0.1) is 11.3 Å². The molecule has 25 heavy (non-hydrogen) atoms. The zero-order valence-corrected chi connectivity index (χ0v) is 15.2. The van der Waals surface area contributed by atoms with Gasteiger partial charge in [-0.3, -0.25) is 0 Å². The molecule has 6 nitrogen and oxygen atoms in total. The van der Waals surface area contributed by atoms with Gasteiger partial charge in [0.1, 0.15) is 5.82 Å². The molecule has 3 rings (SSSR count). The fraction of sp³-hybridized carbons (Fsp3) is 0.389. The molecule has 1 aromatic carbocycles. The minimum atomic E-state index is 0.246. The van der Waals surface area contributed by atoms with E-state index in [9.17, 15) is 0 Å². The highest BCUT2D eigenvalue weighted by molar-refractivity contribution is 6.31. The maximum Gasteiger partial charge on any atom is 0.224 e. The minimum Gasteiger partial charge on any atom is -0.369 e. The molecule has 1 aliphatic heterocycles. The van der Waals surface area contributed by atoms with E-state index in [1.807, 2.05) is 37.2 Å². The van der Waals surface area contributed by atoms with E-state index < -0.39 is 0 Å². The third-order valence-corrected chi connectivity index (χ3v) is 4.45. The lowest BCUT2D eigenvalue weighted by Crippen LogP contribution is -2.42. The third kappa shape index (κ3) is 4.31. The van der Waals surface area contributed by atoms with E-state index in [1.165, 1.54) is 0 Å². The number of benzene rings is 1. The van der Waals surface area contributed by atoms with Crippen LogP contribution in [0.1, 0.15) is 18.4 Å². The van der Waals surface area contributed by atoms with Crippen LogP contribution < -0.4 is 15.1 Å². The number of nitrogens with zero attached hydrogens (tertiary/aromatic N) is 5. The zero-order chi connectivity index (χ0) is 17.8. The van der Waals surface area contributed by atoms with Gasteiger partial charge in [-0.2, -0.15) is 10.2 Å². The lowest BCUT2D eigenvalue weighted by atomic mass is 10.0. The van der Waals surface area contributed by atoms with E-state index in [1.54, 1.807) is 12.3 Å². The van der Waals surface area contributed by atoms with Gasteiger partial charge >= 0.3 is 0 Å². The molecule has 0 amide bonds. The summed E-state index contributed by atoms with van der Waals surface area (Å²) in [4.78, 5) is 13.1. The largest absolute Gasteiger partial charge is 0.369 e. The van der Waals surface area contributed by atoms with Crippen molar-refractivity contribution in [1.82, 2.24) is 9.97 Å². The maximum absolute atomic E-state index is 9.14. The van der Waals surface area contributed by atoms with Gasteiger partial charge in [-0.1, -0.05) is 11.6 Å². The van der Waals surface area contributed by atoms with Crippen molar-refractivity contribution in [3.05, 3.63) is 41.0 Å². The van der Waals surface area contributed by atoms with Crippen LogP contribution in [0.15, 0.2) is 30.5 Å². The van der Waals surface area contributed by atoms with Crippen LogP contribution >= 0.6 is 11.6 Å². The zero-order valence-electron chi connectivity index (χ0n) is 14.4. The monoisotopic (exact) mass is 356 g/mol. The Balaban J connectivity index is 1.72. The van der Waals surface area contributed by atoms with E-state index in [4.69, 9.17) is 16.9 Å². The molecule has 2 aromatic rings. The molecule has 0 bridgehead atoms. The fourth-order valence-corrected chi connectivity index (χ4v) is 3.23. The van der Waals surface area contributed by atoms with Gasteiger partial charge in [-0.15, -0.1) is 0 Å². The van der Waals surface area contributed by atoms with E-state index in [0.717, 1.165) is 37.4 Å². The highest BCUT2D eigenvalue weighted by Crippen LogP contribution is 2.26. The van der Waals surface area contributed by atoms with Crippen LogP contribution in [-0.4, -0.2) is 43.2 Å². The van der Waals surface area contributed by atoms with Gasteiger partial charge in [0, 0.05) is 50.1 Å². The van der Waals surface area contributed by atoms with Gasteiger partial charge in [0.15, 0.2) is 0 Å². The molecular formula is C18H21ClN6. The van der Waals surface area contributed by atoms with Gasteiger partial charge < -0.3 is 15.1 Å². The first-order chi connectivity index (χ1) is 12.0. The minimum absolute atomic E-state index is 0.246. The number of hydrogen-bond acceptors (Lipinski definition) is 6. The van der Waals surface area contributed by atoms with Crippen LogP contribution in [0.25, 0.3) is 0 Å². The highest BCUT2D eigenvalue weighted by Gasteiger charge is 2.21. The van der Waals surface area contributed by atoms with Gasteiger partial charge in [0.25, 0.3) is 0 Å². The number of nitriles is 1. The van der Waals surface area contributed by atoms with Gasteiger partial charge in [-0.25, -0.2) is 4.98 Å². The second kappa shape index (κ2) is 7.58. The maximum atomic E-state index is 9.14. The van der Waals surface area contributed by atoms with Crippen LogP contribution in [0.3, 0.4) is 0 Å². The molecule has 1 saturated heterocycles. The molecule has 0 spiro atoms. The normalized spacial score (nSPS) is 17.0. The Morgan fingerprint density at radius 1 is 1.36 bits per heavy atom. The SMILES string of the molecule is CN(C)c1ccnc(NC2CCCN(c3cc(Cl)cc(C#N)c3)C2)n1. The first kappa shape index (κ1) is 17.3. The summed E-state index contributed by atoms with van der Waals surface area (Å²) in [6, 6.07) is 9.78. The Hall–Kier alpha value is -2.52. The Labute approximate surface area is 153 Å². The van der Waals surface area contributed by atoms with Crippen molar-refractivity contribution in [2.75, 3.05) is 42.3 Å². The summed E-state index contributed by atoms with van der Waals surface area (Å²) in [5.74, 6) is 1.51. The van der Waals surface area contributed by atoms with Crippen molar-refractivity contribution in [3.8, 4) is 6.07 Å². The molecule has 130 valence electrons. The van der Waals surface area contributed by atoms with Gasteiger partial charge in [-0.05, 0) is 37.1 Å². The molecule has 1 unspecified atom stereocenters. The van der Waals surface area contributed by atoms with Crippen molar-refractivity contribution in [2.24, 2.45) is 0 Å². The molecule has 1 aromatic heterocycles. The lowest BCUT2D eigenvalue weighted by Gasteiger charge is -2.35. The summed E-state index contributed by atoms with van der Waals surface area (Å²) in [6.45, 7) is 1.77. The Morgan fingerprint density at radius 3 is 2.96 bits per heavy atom. The van der Waals surface area contributed by atoms with Crippen molar-refractivity contribution >= 4 is 29.1 Å². The van der Waals surface area contributed by atoms with E-state index in [0.29, 0.717) is 16.5 Å². The van der Waals surface area contributed by atoms with Crippen molar-refractivity contribution < 1.29 is 0 Å². The highest BCUT2D eigenvalue weighted by atomic mass is 35.5. The molecule has 1 aliphatic rings. The molecule has 0 aliphatic carbocycles. The number of anilines is 3. The molecule has 1 N–H and O–H groups in total. The lowest BCUT2D eigenvalue weighted by molar-refractivity contribution is 0.527. The predicted molar refractivity (Wildman–Crippen MR) is 101 cm³/mol. The standard InChI is InChI=1S/C18H21ClN6/c1-24(2)17-5-6-21-18(23-17)22-15-4-3-7-25(12-15)16-9-13(11-20)8-14(19)10-16/h5-6,8-10,15H,3-4,7,12H2,1-2H3,(H,21,22,23). The third-order valence-electron chi connectivity index (χ3n) is 4.23. The summed E-state index contributed by atoms with van der Waals surface area (Å²) in [5, 5.41) is 13.2. The van der Waals surface area contributed by atoms with E-state index in [-0.39, 0.29) is 6.04 Å². The summed E-state index contributed by atoms with van der Waals surface area (Å²) in [7, 11) is 3.92. The van der Waals surface area contributed by atoms with Crippen LogP contribution in [0.2, 0.25) is 5.02 Å². The Kier molecular flexibility index (Phi) is 5.25. The topological polar surface area (TPSA) is 68.1 Å².